The topological polar surface area (TPSA) is 55.1 Å². The zero-order valence-corrected chi connectivity index (χ0v) is 7.75. The van der Waals surface area contributed by atoms with Crippen molar-refractivity contribution in [2.45, 2.75) is 6.17 Å². The molecule has 6 heteroatoms. The van der Waals surface area contributed by atoms with Gasteiger partial charge in [-0.25, -0.2) is 9.18 Å². The normalized spacial score (nSPS) is 12.9. The van der Waals surface area contributed by atoms with Gasteiger partial charge in [-0.2, -0.15) is 5.10 Å². The Kier molecular flexibility index (Phi) is 2.46. The van der Waals surface area contributed by atoms with Crippen LogP contribution in [0.1, 0.15) is 11.9 Å². The highest BCUT2D eigenvalue weighted by molar-refractivity contribution is 9.10. The van der Waals surface area contributed by atoms with E-state index in [0.29, 0.717) is 4.47 Å². The molecule has 1 heterocycles. The fourth-order valence-corrected chi connectivity index (χ4v) is 1.37. The van der Waals surface area contributed by atoms with Gasteiger partial charge in [-0.1, -0.05) is 0 Å². The second-order valence-electron chi connectivity index (χ2n) is 2.20. The summed E-state index contributed by atoms with van der Waals surface area (Å²) in [6.07, 6.45) is -0.683. The number of halogens is 2. The highest BCUT2D eigenvalue weighted by Crippen LogP contribution is 2.25. The van der Waals surface area contributed by atoms with Gasteiger partial charge < -0.3 is 5.11 Å². The molecule has 0 saturated heterocycles. The van der Waals surface area contributed by atoms with E-state index in [1.54, 1.807) is 0 Å². The first kappa shape index (κ1) is 9.18. The lowest BCUT2D eigenvalue weighted by Gasteiger charge is -2.03. The maximum absolute atomic E-state index is 12.9. The Balaban J connectivity index is 3.08. The summed E-state index contributed by atoms with van der Waals surface area (Å²) < 4.78 is 14.5. The van der Waals surface area contributed by atoms with Crippen LogP contribution < -0.4 is 0 Å². The van der Waals surface area contributed by atoms with Crippen LogP contribution in [-0.2, 0) is 11.8 Å². The number of aliphatic carboxylic acids is 1. The predicted octanol–water partition coefficient (Wildman–Crippen LogP) is 1.28. The van der Waals surface area contributed by atoms with Crippen molar-refractivity contribution in [3.05, 3.63) is 16.4 Å². The monoisotopic (exact) mass is 236 g/mol. The third kappa shape index (κ3) is 1.47. The molecule has 0 aromatic carbocycles. The van der Waals surface area contributed by atoms with E-state index in [2.05, 4.69) is 21.0 Å². The van der Waals surface area contributed by atoms with Crippen LogP contribution >= 0.6 is 15.9 Å². The number of nitrogens with zero attached hydrogens (tertiary/aromatic N) is 2. The highest BCUT2D eigenvalue weighted by Gasteiger charge is 2.24. The number of aromatic nitrogens is 2. The van der Waals surface area contributed by atoms with Gasteiger partial charge in [0.1, 0.15) is 0 Å². The number of aryl methyl sites for hydroxylation is 1. The molecule has 1 unspecified atom stereocenters. The van der Waals surface area contributed by atoms with Crippen LogP contribution in [0, 0.1) is 0 Å². The van der Waals surface area contributed by atoms with E-state index in [-0.39, 0.29) is 5.69 Å². The summed E-state index contributed by atoms with van der Waals surface area (Å²) in [5.74, 6) is -1.51. The van der Waals surface area contributed by atoms with Gasteiger partial charge in [-0.3, -0.25) is 4.68 Å². The zero-order valence-electron chi connectivity index (χ0n) is 6.16. The van der Waals surface area contributed by atoms with E-state index in [1.807, 2.05) is 0 Å². The molecule has 1 rings (SSSR count). The smallest absolute Gasteiger partial charge is 0.344 e. The molecule has 12 heavy (non-hydrogen) atoms. The van der Waals surface area contributed by atoms with Crippen molar-refractivity contribution in [3.8, 4) is 0 Å². The lowest BCUT2D eigenvalue weighted by molar-refractivity contribution is -0.143. The lowest BCUT2D eigenvalue weighted by Crippen LogP contribution is -2.11. The van der Waals surface area contributed by atoms with E-state index in [0.717, 1.165) is 0 Å². The molecular formula is C6H6BrFN2O2. The summed E-state index contributed by atoms with van der Waals surface area (Å²) in [4.78, 5) is 10.3. The molecule has 1 atom stereocenters. The second kappa shape index (κ2) is 3.22. The van der Waals surface area contributed by atoms with Crippen molar-refractivity contribution >= 4 is 21.9 Å². The van der Waals surface area contributed by atoms with Crippen molar-refractivity contribution in [2.24, 2.45) is 7.05 Å². The number of rotatable bonds is 2. The van der Waals surface area contributed by atoms with Gasteiger partial charge >= 0.3 is 5.97 Å². The Labute approximate surface area is 76.1 Å². The number of carboxylic acid groups (broad SMARTS) is 1. The van der Waals surface area contributed by atoms with Crippen molar-refractivity contribution in [3.63, 3.8) is 0 Å². The van der Waals surface area contributed by atoms with Gasteiger partial charge in [0, 0.05) is 7.05 Å². The Morgan fingerprint density at radius 1 is 1.92 bits per heavy atom. The van der Waals surface area contributed by atoms with Gasteiger partial charge in [-0.15, -0.1) is 0 Å². The van der Waals surface area contributed by atoms with Crippen LogP contribution in [0.25, 0.3) is 0 Å². The molecule has 1 aromatic rings. The first-order valence-electron chi connectivity index (χ1n) is 3.08. The lowest BCUT2D eigenvalue weighted by atomic mass is 10.3. The average Bonchev–Trinajstić information content (AvgIpc) is 2.30. The van der Waals surface area contributed by atoms with E-state index in [4.69, 9.17) is 5.11 Å². The fourth-order valence-electron chi connectivity index (χ4n) is 0.822. The van der Waals surface area contributed by atoms with Crippen LogP contribution in [0.15, 0.2) is 10.7 Å². The quantitative estimate of drug-likeness (QED) is 0.842. The molecule has 0 spiro atoms. The predicted molar refractivity (Wildman–Crippen MR) is 42.4 cm³/mol. The van der Waals surface area contributed by atoms with Gasteiger partial charge in [0.05, 0.1) is 16.4 Å². The minimum absolute atomic E-state index is 0.0162. The summed E-state index contributed by atoms with van der Waals surface area (Å²) in [6.45, 7) is 0. The Hall–Kier alpha value is -0.910. The minimum atomic E-state index is -2.04. The summed E-state index contributed by atoms with van der Waals surface area (Å²) >= 11 is 3.00. The third-order valence-corrected chi connectivity index (χ3v) is 2.01. The molecular weight excluding hydrogens is 231 g/mol. The van der Waals surface area contributed by atoms with Crippen LogP contribution in [0.2, 0.25) is 0 Å². The third-order valence-electron chi connectivity index (χ3n) is 1.39. The largest absolute Gasteiger partial charge is 0.479 e. The average molecular weight is 237 g/mol. The molecule has 1 N–H and O–H groups in total. The van der Waals surface area contributed by atoms with Crippen molar-refractivity contribution in [1.82, 2.24) is 9.78 Å². The molecule has 4 nitrogen and oxygen atoms in total. The summed E-state index contributed by atoms with van der Waals surface area (Å²) in [6, 6.07) is 0. The SMILES string of the molecule is Cn1ncc(Br)c1C(F)C(=O)O. The first-order valence-corrected chi connectivity index (χ1v) is 3.87. The molecule has 0 saturated carbocycles. The van der Waals surface area contributed by atoms with Crippen LogP contribution in [0.5, 0.6) is 0 Å². The Bertz CT molecular complexity index is 293. The number of hydrogen-bond acceptors (Lipinski definition) is 2. The van der Waals surface area contributed by atoms with Crippen LogP contribution in [-0.4, -0.2) is 20.9 Å². The van der Waals surface area contributed by atoms with E-state index in [1.165, 1.54) is 17.9 Å². The molecule has 0 aliphatic rings. The van der Waals surface area contributed by atoms with Gasteiger partial charge in [0.15, 0.2) is 0 Å². The second-order valence-corrected chi connectivity index (χ2v) is 3.06. The summed E-state index contributed by atoms with van der Waals surface area (Å²) in [5.41, 5.74) is 0.0162. The molecule has 0 aliphatic heterocycles. The van der Waals surface area contributed by atoms with Crippen molar-refractivity contribution in [2.75, 3.05) is 0 Å². The molecule has 0 fully saturated rings. The van der Waals surface area contributed by atoms with Gasteiger partial charge in [0.25, 0.3) is 0 Å². The van der Waals surface area contributed by atoms with Crippen LogP contribution in [0.4, 0.5) is 4.39 Å². The molecule has 1 aromatic heterocycles. The summed E-state index contributed by atoms with van der Waals surface area (Å²) in [5, 5.41) is 12.1. The molecule has 0 radical (unpaired) electrons. The Morgan fingerprint density at radius 2 is 2.50 bits per heavy atom. The number of carboxylic acids is 1. The summed E-state index contributed by atoms with van der Waals surface area (Å²) in [7, 11) is 1.48. The maximum Gasteiger partial charge on any atom is 0.344 e. The molecule has 0 aliphatic carbocycles. The highest BCUT2D eigenvalue weighted by atomic mass is 79.9. The molecule has 0 amide bonds. The number of alkyl halides is 1. The van der Waals surface area contributed by atoms with Crippen molar-refractivity contribution in [1.29, 1.82) is 0 Å². The van der Waals surface area contributed by atoms with Gasteiger partial charge in [-0.05, 0) is 15.9 Å². The number of hydrogen-bond donors (Lipinski definition) is 1. The Morgan fingerprint density at radius 3 is 2.83 bits per heavy atom. The van der Waals surface area contributed by atoms with Gasteiger partial charge in [0.2, 0.25) is 6.17 Å². The van der Waals surface area contributed by atoms with E-state index in [9.17, 15) is 9.18 Å². The molecule has 0 bridgehead atoms. The van der Waals surface area contributed by atoms with Crippen LogP contribution in [0.3, 0.4) is 0 Å². The minimum Gasteiger partial charge on any atom is -0.479 e. The zero-order chi connectivity index (χ0) is 9.30. The molecule has 66 valence electrons. The number of carbonyl (C=O) groups is 1. The van der Waals surface area contributed by atoms with Crippen molar-refractivity contribution < 1.29 is 14.3 Å². The van der Waals surface area contributed by atoms with E-state index < -0.39 is 12.1 Å². The first-order chi connectivity index (χ1) is 5.54. The fraction of sp³-hybridized carbons (Fsp3) is 0.333. The standard InChI is InChI=1S/C6H6BrFN2O2/c1-10-5(3(7)2-9-10)4(8)6(11)12/h2,4H,1H3,(H,11,12). The maximum atomic E-state index is 12.9. The van der Waals surface area contributed by atoms with E-state index >= 15 is 0 Å².